The van der Waals surface area contributed by atoms with Crippen LogP contribution in [0.1, 0.15) is 34.3 Å². The molecule has 4 rings (SSSR count). The number of hydrogen-bond acceptors (Lipinski definition) is 4. The third-order valence-corrected chi connectivity index (χ3v) is 5.56. The summed E-state index contributed by atoms with van der Waals surface area (Å²) in [6, 6.07) is 18.1. The van der Waals surface area contributed by atoms with Crippen LogP contribution in [0.4, 0.5) is 14.9 Å². The van der Waals surface area contributed by atoms with E-state index in [-0.39, 0.29) is 12.5 Å². The van der Waals surface area contributed by atoms with Crippen molar-refractivity contribution in [3.63, 3.8) is 0 Å². The highest BCUT2D eigenvalue weighted by atomic mass is 19.1. The molecule has 0 spiro atoms. The summed E-state index contributed by atoms with van der Waals surface area (Å²) in [7, 11) is 0. The predicted octanol–water partition coefficient (Wildman–Crippen LogP) is 4.39. The number of fused-ring (bicyclic) bond motifs is 3. The van der Waals surface area contributed by atoms with Crippen molar-refractivity contribution in [2.75, 3.05) is 11.9 Å². The van der Waals surface area contributed by atoms with Gasteiger partial charge in [0.25, 0.3) is 0 Å². The van der Waals surface area contributed by atoms with Crippen LogP contribution in [0.15, 0.2) is 66.7 Å². The molecule has 0 aromatic heterocycles. The van der Waals surface area contributed by atoms with E-state index in [1.165, 1.54) is 19.1 Å². The molecule has 7 nitrogen and oxygen atoms in total. The summed E-state index contributed by atoms with van der Waals surface area (Å²) in [5, 5.41) is 13.8. The Hall–Kier alpha value is -4.20. The number of aromatic carboxylic acids is 1. The molecule has 1 atom stereocenters. The summed E-state index contributed by atoms with van der Waals surface area (Å²) in [6.07, 6.45) is -0.813. The van der Waals surface area contributed by atoms with Gasteiger partial charge in [-0.1, -0.05) is 54.6 Å². The molecule has 0 heterocycles. The molecule has 8 heteroatoms. The minimum Gasteiger partial charge on any atom is -0.478 e. The van der Waals surface area contributed by atoms with Gasteiger partial charge < -0.3 is 20.5 Å². The Morgan fingerprint density at radius 1 is 0.970 bits per heavy atom. The lowest BCUT2D eigenvalue weighted by molar-refractivity contribution is -0.117. The van der Waals surface area contributed by atoms with E-state index in [0.29, 0.717) is 0 Å². The van der Waals surface area contributed by atoms with Crippen molar-refractivity contribution >= 4 is 23.7 Å². The van der Waals surface area contributed by atoms with Gasteiger partial charge in [-0.3, -0.25) is 4.79 Å². The summed E-state index contributed by atoms with van der Waals surface area (Å²) in [5.74, 6) is -3.20. The Morgan fingerprint density at radius 3 is 2.18 bits per heavy atom. The first-order valence-electron chi connectivity index (χ1n) is 10.3. The maximum absolute atomic E-state index is 14.0. The summed E-state index contributed by atoms with van der Waals surface area (Å²) in [4.78, 5) is 36.1. The Balaban J connectivity index is 1.39. The van der Waals surface area contributed by atoms with E-state index >= 15 is 0 Å². The minimum atomic E-state index is -1.39. The topological polar surface area (TPSA) is 105 Å². The highest BCUT2D eigenvalue weighted by Crippen LogP contribution is 2.44. The van der Waals surface area contributed by atoms with Gasteiger partial charge in [0.2, 0.25) is 5.91 Å². The van der Waals surface area contributed by atoms with E-state index < -0.39 is 41.1 Å². The van der Waals surface area contributed by atoms with Crippen LogP contribution >= 0.6 is 0 Å². The predicted molar refractivity (Wildman–Crippen MR) is 120 cm³/mol. The molecule has 1 aliphatic rings. The Bertz CT molecular complexity index is 1200. The Kier molecular flexibility index (Phi) is 6.08. The summed E-state index contributed by atoms with van der Waals surface area (Å²) in [5.41, 5.74) is 3.44. The first-order chi connectivity index (χ1) is 15.9. The molecule has 3 N–H and O–H groups in total. The maximum atomic E-state index is 14.0. The van der Waals surface area contributed by atoms with E-state index in [2.05, 4.69) is 10.6 Å². The Morgan fingerprint density at radius 2 is 1.58 bits per heavy atom. The number of benzene rings is 3. The first-order valence-corrected chi connectivity index (χ1v) is 10.3. The van der Waals surface area contributed by atoms with Gasteiger partial charge in [-0.2, -0.15) is 0 Å². The molecule has 3 aromatic rings. The van der Waals surface area contributed by atoms with Crippen LogP contribution < -0.4 is 10.6 Å². The molecule has 168 valence electrons. The Labute approximate surface area is 189 Å². The highest BCUT2D eigenvalue weighted by molar-refractivity contribution is 6.02. The number of anilines is 1. The van der Waals surface area contributed by atoms with Crippen LogP contribution in [0.2, 0.25) is 0 Å². The van der Waals surface area contributed by atoms with Gasteiger partial charge in [0.05, 0.1) is 11.3 Å². The lowest BCUT2D eigenvalue weighted by Gasteiger charge is -2.18. The molecule has 0 aliphatic heterocycles. The molecular weight excluding hydrogens is 427 g/mol. The molecule has 33 heavy (non-hydrogen) atoms. The van der Waals surface area contributed by atoms with E-state index in [4.69, 9.17) is 4.74 Å². The van der Waals surface area contributed by atoms with E-state index in [1.807, 2.05) is 48.5 Å². The van der Waals surface area contributed by atoms with Gasteiger partial charge in [-0.15, -0.1) is 0 Å². The van der Waals surface area contributed by atoms with Gasteiger partial charge >= 0.3 is 12.1 Å². The third kappa shape index (κ3) is 4.41. The second-order valence-corrected chi connectivity index (χ2v) is 7.65. The number of para-hydroxylation sites is 1. The smallest absolute Gasteiger partial charge is 0.407 e. The number of carboxylic acid groups (broad SMARTS) is 1. The zero-order valence-electron chi connectivity index (χ0n) is 17.7. The van der Waals surface area contributed by atoms with Crippen molar-refractivity contribution in [2.45, 2.75) is 18.9 Å². The number of carbonyl (C=O) groups is 3. The monoisotopic (exact) mass is 448 g/mol. The van der Waals surface area contributed by atoms with Crippen molar-refractivity contribution in [1.29, 1.82) is 0 Å². The van der Waals surface area contributed by atoms with Crippen LogP contribution in [-0.4, -0.2) is 35.7 Å². The van der Waals surface area contributed by atoms with Crippen LogP contribution in [0.3, 0.4) is 0 Å². The number of hydrogen-bond donors (Lipinski definition) is 3. The number of amides is 2. The van der Waals surface area contributed by atoms with Gasteiger partial charge in [-0.25, -0.2) is 14.0 Å². The number of carbonyl (C=O) groups excluding carboxylic acids is 2. The van der Waals surface area contributed by atoms with Crippen LogP contribution in [0, 0.1) is 5.82 Å². The number of rotatable bonds is 6. The van der Waals surface area contributed by atoms with E-state index in [1.54, 1.807) is 0 Å². The fourth-order valence-corrected chi connectivity index (χ4v) is 3.94. The number of nitrogens with one attached hydrogen (secondary N) is 2. The number of carboxylic acids is 1. The number of alkyl carbamates (subject to hydrolysis) is 1. The molecule has 3 aromatic carbocycles. The second-order valence-electron chi connectivity index (χ2n) is 7.65. The lowest BCUT2D eigenvalue weighted by atomic mass is 9.98. The van der Waals surface area contributed by atoms with Gasteiger partial charge in [0.15, 0.2) is 0 Å². The third-order valence-electron chi connectivity index (χ3n) is 5.56. The molecule has 0 bridgehead atoms. The molecule has 0 radical (unpaired) electrons. The molecular formula is C25H21FN2O5. The molecule has 0 saturated carbocycles. The second kappa shape index (κ2) is 9.12. The average molecular weight is 448 g/mol. The van der Waals surface area contributed by atoms with E-state index in [9.17, 15) is 23.9 Å². The van der Waals surface area contributed by atoms with E-state index in [0.717, 1.165) is 28.3 Å². The fourth-order valence-electron chi connectivity index (χ4n) is 3.94. The maximum Gasteiger partial charge on any atom is 0.407 e. The number of ether oxygens (including phenoxy) is 1. The first kappa shape index (κ1) is 22.0. The van der Waals surface area contributed by atoms with Crippen LogP contribution in [0.5, 0.6) is 0 Å². The largest absolute Gasteiger partial charge is 0.478 e. The van der Waals surface area contributed by atoms with Crippen molar-refractivity contribution in [2.24, 2.45) is 0 Å². The van der Waals surface area contributed by atoms with Crippen molar-refractivity contribution in [3.8, 4) is 11.1 Å². The van der Waals surface area contributed by atoms with Crippen molar-refractivity contribution < 1.29 is 28.6 Å². The molecule has 0 unspecified atom stereocenters. The highest BCUT2D eigenvalue weighted by Gasteiger charge is 2.29. The average Bonchev–Trinajstić information content (AvgIpc) is 3.12. The van der Waals surface area contributed by atoms with Crippen molar-refractivity contribution in [1.82, 2.24) is 5.32 Å². The molecule has 0 fully saturated rings. The number of halogens is 1. The molecule has 1 aliphatic carbocycles. The SMILES string of the molecule is C[C@@H](NC(=O)OCC1c2ccccc2-c2ccccc21)C(=O)Nc1c(F)cccc1C(=O)O. The van der Waals surface area contributed by atoms with Crippen LogP contribution in [0.25, 0.3) is 11.1 Å². The summed E-state index contributed by atoms with van der Waals surface area (Å²) in [6.45, 7) is 1.46. The normalized spacial score (nSPS) is 12.9. The molecule has 0 saturated heterocycles. The zero-order chi connectivity index (χ0) is 23.5. The van der Waals surface area contributed by atoms with Crippen LogP contribution in [-0.2, 0) is 9.53 Å². The van der Waals surface area contributed by atoms with Crippen molar-refractivity contribution in [3.05, 3.63) is 89.2 Å². The van der Waals surface area contributed by atoms with Gasteiger partial charge in [0, 0.05) is 5.92 Å². The summed E-state index contributed by atoms with van der Waals surface area (Å²) >= 11 is 0. The quantitative estimate of drug-likeness (QED) is 0.519. The fraction of sp³-hybridized carbons (Fsp3) is 0.160. The van der Waals surface area contributed by atoms with Gasteiger partial charge in [-0.05, 0) is 41.3 Å². The minimum absolute atomic E-state index is 0.0741. The van der Waals surface area contributed by atoms with Gasteiger partial charge in [0.1, 0.15) is 18.5 Å². The standard InChI is InChI=1S/C25H21FN2O5/c1-14(23(29)28-22-19(24(30)31)11-6-12-21(22)26)27-25(32)33-13-20-17-9-4-2-7-15(17)16-8-3-5-10-18(16)20/h2-12,14,20H,13H2,1H3,(H,27,32)(H,28,29)(H,30,31)/t14-/m1/s1. The lowest BCUT2D eigenvalue weighted by Crippen LogP contribution is -2.42. The summed E-state index contributed by atoms with van der Waals surface area (Å²) < 4.78 is 19.4. The zero-order valence-corrected chi connectivity index (χ0v) is 17.7. The molecule has 2 amide bonds.